The quantitative estimate of drug-likeness (QED) is 0.573. The standard InChI is InChI=1S/C21H22N4S/c1-5-17-14-26-21(25(17)13-16-10-8-7-9-11-16)24-15(3)19-12-23-20(22-4)18(19)6-2/h6-12,14,23H,2-5,13H2,1H3. The van der Waals surface area contributed by atoms with Crippen molar-refractivity contribution in [3.63, 3.8) is 0 Å². The fourth-order valence-corrected chi connectivity index (χ4v) is 3.85. The lowest BCUT2D eigenvalue weighted by Crippen LogP contribution is -2.18. The molecule has 1 N–H and O–H groups in total. The average Bonchev–Trinajstić information content (AvgIpc) is 3.26. The van der Waals surface area contributed by atoms with Crippen molar-refractivity contribution in [3.05, 3.63) is 82.3 Å². The Morgan fingerprint density at radius 3 is 2.73 bits per heavy atom. The highest BCUT2D eigenvalue weighted by atomic mass is 32.1. The number of aromatic nitrogens is 2. The third-order valence-corrected chi connectivity index (χ3v) is 5.14. The van der Waals surface area contributed by atoms with Crippen molar-refractivity contribution in [3.8, 4) is 0 Å². The summed E-state index contributed by atoms with van der Waals surface area (Å²) in [5.41, 5.74) is 4.95. The molecule has 0 aliphatic rings. The highest BCUT2D eigenvalue weighted by Gasteiger charge is 2.11. The number of aromatic amines is 1. The molecule has 3 aromatic rings. The Morgan fingerprint density at radius 1 is 1.31 bits per heavy atom. The van der Waals surface area contributed by atoms with E-state index in [1.807, 2.05) is 12.3 Å². The van der Waals surface area contributed by atoms with Crippen molar-refractivity contribution in [1.29, 1.82) is 0 Å². The van der Waals surface area contributed by atoms with Crippen molar-refractivity contribution in [2.75, 3.05) is 0 Å². The maximum absolute atomic E-state index is 4.81. The van der Waals surface area contributed by atoms with Crippen LogP contribution in [0.5, 0.6) is 0 Å². The van der Waals surface area contributed by atoms with Gasteiger partial charge in [0.15, 0.2) is 4.80 Å². The number of H-pyrrole nitrogens is 1. The minimum Gasteiger partial charge on any atom is -0.345 e. The molecule has 26 heavy (non-hydrogen) atoms. The zero-order valence-electron chi connectivity index (χ0n) is 14.9. The van der Waals surface area contributed by atoms with E-state index in [1.165, 1.54) is 11.3 Å². The second-order valence-electron chi connectivity index (χ2n) is 5.82. The number of nitrogens with one attached hydrogen (secondary N) is 1. The number of thiazole rings is 1. The molecule has 0 aliphatic heterocycles. The molecule has 1 aromatic carbocycles. The topological polar surface area (TPSA) is 45.4 Å². The molecule has 0 saturated carbocycles. The highest BCUT2D eigenvalue weighted by molar-refractivity contribution is 7.07. The number of rotatable bonds is 7. The lowest BCUT2D eigenvalue weighted by Gasteiger charge is -2.08. The highest BCUT2D eigenvalue weighted by Crippen LogP contribution is 2.28. The molecule has 132 valence electrons. The van der Waals surface area contributed by atoms with Gasteiger partial charge in [-0.3, -0.25) is 0 Å². The van der Waals surface area contributed by atoms with Crippen LogP contribution in [0.3, 0.4) is 0 Å². The molecular weight excluding hydrogens is 340 g/mol. The smallest absolute Gasteiger partial charge is 0.190 e. The van der Waals surface area contributed by atoms with Gasteiger partial charge >= 0.3 is 0 Å². The van der Waals surface area contributed by atoms with Gasteiger partial charge in [0.25, 0.3) is 0 Å². The first-order chi connectivity index (χ1) is 12.7. The van der Waals surface area contributed by atoms with Gasteiger partial charge in [-0.1, -0.05) is 56.5 Å². The summed E-state index contributed by atoms with van der Waals surface area (Å²) in [4.78, 5) is 12.8. The van der Waals surface area contributed by atoms with Gasteiger partial charge in [0, 0.05) is 28.4 Å². The first-order valence-electron chi connectivity index (χ1n) is 8.43. The number of benzene rings is 1. The lowest BCUT2D eigenvalue weighted by molar-refractivity contribution is 0.721. The molecule has 0 radical (unpaired) electrons. The van der Waals surface area contributed by atoms with E-state index in [9.17, 15) is 0 Å². The number of aryl methyl sites for hydroxylation is 1. The minimum atomic E-state index is 0.678. The van der Waals surface area contributed by atoms with E-state index in [-0.39, 0.29) is 0 Å². The lowest BCUT2D eigenvalue weighted by atomic mass is 10.1. The van der Waals surface area contributed by atoms with Crippen molar-refractivity contribution in [2.24, 2.45) is 9.98 Å². The van der Waals surface area contributed by atoms with Crippen LogP contribution in [-0.2, 0) is 13.0 Å². The van der Waals surface area contributed by atoms with Crippen LogP contribution in [0.15, 0.2) is 65.1 Å². The summed E-state index contributed by atoms with van der Waals surface area (Å²) in [6, 6.07) is 10.4. The Kier molecular flexibility index (Phi) is 5.49. The van der Waals surface area contributed by atoms with Crippen molar-refractivity contribution in [1.82, 2.24) is 9.55 Å². The molecule has 0 unspecified atom stereocenters. The zero-order valence-corrected chi connectivity index (χ0v) is 15.7. The summed E-state index contributed by atoms with van der Waals surface area (Å²) in [5.74, 6) is 0.684. The Balaban J connectivity index is 2.02. The van der Waals surface area contributed by atoms with Crippen molar-refractivity contribution in [2.45, 2.75) is 19.9 Å². The van der Waals surface area contributed by atoms with Crippen LogP contribution < -0.4 is 4.80 Å². The molecule has 0 spiro atoms. The van der Waals surface area contributed by atoms with Crippen LogP contribution >= 0.6 is 11.3 Å². The van der Waals surface area contributed by atoms with Crippen LogP contribution in [0.4, 0.5) is 5.82 Å². The maximum Gasteiger partial charge on any atom is 0.190 e. The molecular formula is C21H22N4S. The summed E-state index contributed by atoms with van der Waals surface area (Å²) < 4.78 is 2.25. The van der Waals surface area contributed by atoms with Gasteiger partial charge in [-0.25, -0.2) is 9.98 Å². The normalized spacial score (nSPS) is 11.5. The molecule has 0 atom stereocenters. The number of hydrogen-bond acceptors (Lipinski definition) is 3. The summed E-state index contributed by atoms with van der Waals surface area (Å²) in [6.45, 7) is 14.5. The SMILES string of the molecule is C=Cc1c(C(=C)N=c2scc(CC)n2Cc2ccccc2)c[nH]c1N=C. The Labute approximate surface area is 157 Å². The molecule has 5 heteroatoms. The predicted octanol–water partition coefficient (Wildman–Crippen LogP) is 5.04. The van der Waals surface area contributed by atoms with E-state index in [0.717, 1.165) is 28.9 Å². The average molecular weight is 363 g/mol. The monoisotopic (exact) mass is 362 g/mol. The zero-order chi connectivity index (χ0) is 18.5. The van der Waals surface area contributed by atoms with Gasteiger partial charge in [-0.2, -0.15) is 0 Å². The van der Waals surface area contributed by atoms with Gasteiger partial charge in [0.1, 0.15) is 5.82 Å². The Morgan fingerprint density at radius 2 is 2.08 bits per heavy atom. The van der Waals surface area contributed by atoms with Gasteiger partial charge in [-0.05, 0) is 18.7 Å². The van der Waals surface area contributed by atoms with E-state index < -0.39 is 0 Å². The second-order valence-corrected chi connectivity index (χ2v) is 6.66. The predicted molar refractivity (Wildman–Crippen MR) is 112 cm³/mol. The third kappa shape index (κ3) is 3.53. The van der Waals surface area contributed by atoms with Crippen LogP contribution in [0.1, 0.15) is 29.3 Å². The maximum atomic E-state index is 4.81. The molecule has 0 bridgehead atoms. The van der Waals surface area contributed by atoms with Crippen molar-refractivity contribution >= 4 is 35.6 Å². The number of hydrogen-bond donors (Lipinski definition) is 1. The molecule has 2 aromatic heterocycles. The number of aliphatic imine (C=N–C) groups is 1. The largest absolute Gasteiger partial charge is 0.345 e. The molecule has 0 fully saturated rings. The van der Waals surface area contributed by atoms with Crippen LogP contribution in [-0.4, -0.2) is 16.3 Å². The molecule has 0 aliphatic carbocycles. The van der Waals surface area contributed by atoms with Gasteiger partial charge in [0.05, 0.1) is 12.2 Å². The number of nitrogens with zero attached hydrogens (tertiary/aromatic N) is 3. The van der Waals surface area contributed by atoms with E-state index in [0.29, 0.717) is 11.5 Å². The Bertz CT molecular complexity index is 1000. The summed E-state index contributed by atoms with van der Waals surface area (Å²) in [7, 11) is 0. The first kappa shape index (κ1) is 17.9. The fraction of sp³-hybridized carbons (Fsp3) is 0.143. The molecule has 0 saturated heterocycles. The van der Waals surface area contributed by atoms with Crippen LogP contribution in [0, 0.1) is 0 Å². The van der Waals surface area contributed by atoms with Crippen molar-refractivity contribution < 1.29 is 0 Å². The van der Waals surface area contributed by atoms with Crippen LogP contribution in [0.2, 0.25) is 0 Å². The first-order valence-corrected chi connectivity index (χ1v) is 9.31. The summed E-state index contributed by atoms with van der Waals surface area (Å²) in [5, 5.41) is 2.16. The van der Waals surface area contributed by atoms with Gasteiger partial charge < -0.3 is 9.55 Å². The Hall–Kier alpha value is -2.92. The second kappa shape index (κ2) is 7.97. The fourth-order valence-electron chi connectivity index (χ4n) is 2.84. The molecule has 4 nitrogen and oxygen atoms in total. The van der Waals surface area contributed by atoms with E-state index in [4.69, 9.17) is 4.99 Å². The molecule has 2 heterocycles. The van der Waals surface area contributed by atoms with E-state index in [1.54, 1.807) is 17.4 Å². The summed E-state index contributed by atoms with van der Waals surface area (Å²) >= 11 is 1.63. The van der Waals surface area contributed by atoms with E-state index >= 15 is 0 Å². The molecule has 3 rings (SSSR count). The van der Waals surface area contributed by atoms with Gasteiger partial charge in [-0.15, -0.1) is 11.3 Å². The minimum absolute atomic E-state index is 0.678. The van der Waals surface area contributed by atoms with E-state index in [2.05, 4.69) is 71.0 Å². The summed E-state index contributed by atoms with van der Waals surface area (Å²) in [6.07, 6.45) is 4.56. The van der Waals surface area contributed by atoms with Crippen LogP contribution in [0.25, 0.3) is 11.8 Å². The van der Waals surface area contributed by atoms with Gasteiger partial charge in [0.2, 0.25) is 0 Å². The molecule has 0 amide bonds. The third-order valence-electron chi connectivity index (χ3n) is 4.23.